The van der Waals surface area contributed by atoms with Crippen molar-refractivity contribution in [3.63, 3.8) is 0 Å². The van der Waals surface area contributed by atoms with Crippen molar-refractivity contribution in [2.45, 2.75) is 53.1 Å². The molecule has 0 amide bonds. The fourth-order valence-corrected chi connectivity index (χ4v) is 7.35. The van der Waals surface area contributed by atoms with Crippen molar-refractivity contribution in [3.05, 3.63) is 43.6 Å². The third kappa shape index (κ3) is 2.90. The molecule has 30 heavy (non-hydrogen) atoms. The molecule has 1 saturated heterocycles. The van der Waals surface area contributed by atoms with Crippen LogP contribution in [0.1, 0.15) is 52.1 Å². The zero-order valence-corrected chi connectivity index (χ0v) is 19.2. The largest absolute Gasteiger partial charge is 0.292 e. The maximum atomic E-state index is 13.1. The van der Waals surface area contributed by atoms with Crippen LogP contribution >= 0.6 is 11.3 Å². The molecular weight excluding hydrogens is 420 g/mol. The summed E-state index contributed by atoms with van der Waals surface area (Å²) >= 11 is 1.57. The lowest BCUT2D eigenvalue weighted by Crippen LogP contribution is -2.20. The summed E-state index contributed by atoms with van der Waals surface area (Å²) in [4.78, 5) is 19.8. The Balaban J connectivity index is 1.60. The first-order valence-corrected chi connectivity index (χ1v) is 12.8. The van der Waals surface area contributed by atoms with Gasteiger partial charge in [0.2, 0.25) is 0 Å². The molecule has 5 rings (SSSR count). The van der Waals surface area contributed by atoms with Crippen molar-refractivity contribution in [3.8, 4) is 0 Å². The fraction of sp³-hybridized carbons (Fsp3) is 0.476. The van der Waals surface area contributed by atoms with Gasteiger partial charge in [-0.2, -0.15) is 5.10 Å². The van der Waals surface area contributed by atoms with Crippen LogP contribution in [-0.2, 0) is 16.4 Å². The van der Waals surface area contributed by atoms with Crippen LogP contribution in [0.4, 0.5) is 0 Å². The molecule has 0 bridgehead atoms. The van der Waals surface area contributed by atoms with Crippen LogP contribution in [0.15, 0.2) is 4.79 Å². The van der Waals surface area contributed by atoms with Gasteiger partial charge in [-0.1, -0.05) is 0 Å². The number of hydrogen-bond acceptors (Lipinski definition) is 6. The first-order valence-electron chi connectivity index (χ1n) is 10.1. The second-order valence-corrected chi connectivity index (χ2v) is 11.8. The number of allylic oxidation sites excluding steroid dienone is 1. The van der Waals surface area contributed by atoms with Crippen molar-refractivity contribution >= 4 is 43.0 Å². The Hall–Kier alpha value is -2.26. The molecule has 158 valence electrons. The summed E-state index contributed by atoms with van der Waals surface area (Å²) in [5.41, 5.74) is 4.93. The van der Waals surface area contributed by atoms with E-state index in [2.05, 4.69) is 11.2 Å². The zero-order valence-electron chi connectivity index (χ0n) is 17.5. The summed E-state index contributed by atoms with van der Waals surface area (Å²) in [5.74, 6) is 1.12. The number of thiophene rings is 1. The van der Waals surface area contributed by atoms with Crippen molar-refractivity contribution in [2.75, 3.05) is 11.5 Å². The van der Waals surface area contributed by atoms with E-state index < -0.39 is 9.84 Å². The highest BCUT2D eigenvalue weighted by atomic mass is 32.2. The molecule has 3 aromatic heterocycles. The topological polar surface area (TPSA) is 86.8 Å². The van der Waals surface area contributed by atoms with E-state index in [1.54, 1.807) is 15.9 Å². The Labute approximate surface area is 179 Å². The van der Waals surface area contributed by atoms with E-state index in [0.717, 1.165) is 55.4 Å². The van der Waals surface area contributed by atoms with E-state index in [1.165, 1.54) is 0 Å². The van der Waals surface area contributed by atoms with Crippen LogP contribution in [0.3, 0.4) is 0 Å². The van der Waals surface area contributed by atoms with Gasteiger partial charge in [-0.25, -0.2) is 13.4 Å². The normalized spacial score (nSPS) is 21.7. The van der Waals surface area contributed by atoms with Gasteiger partial charge in [-0.3, -0.25) is 14.0 Å². The van der Waals surface area contributed by atoms with E-state index in [4.69, 9.17) is 4.98 Å². The molecule has 2 aliphatic heterocycles. The minimum Gasteiger partial charge on any atom is -0.292 e. The van der Waals surface area contributed by atoms with E-state index in [9.17, 15) is 13.2 Å². The molecule has 0 aliphatic carbocycles. The maximum absolute atomic E-state index is 13.1. The Kier molecular flexibility index (Phi) is 4.34. The average molecular weight is 445 g/mol. The van der Waals surface area contributed by atoms with Gasteiger partial charge in [0.1, 0.15) is 10.7 Å². The van der Waals surface area contributed by atoms with Gasteiger partial charge in [0.15, 0.2) is 9.84 Å². The molecule has 2 aliphatic rings. The monoisotopic (exact) mass is 444 g/mol. The standard InChI is InChI=1S/C21H24N4O3S2/c1-11-14(4)29-20-18(11)21(26)24-7-5-15(19(24)22-20)9-17-12(2)23-25(13(17)3)16-6-8-30(27,28)10-16/h9,16H,5-8,10H2,1-4H3/b15-9+. The predicted molar refractivity (Wildman–Crippen MR) is 120 cm³/mol. The molecule has 3 aromatic rings. The van der Waals surface area contributed by atoms with Gasteiger partial charge in [-0.15, -0.1) is 11.3 Å². The van der Waals surface area contributed by atoms with E-state index in [1.807, 2.05) is 32.4 Å². The Morgan fingerprint density at radius 3 is 2.67 bits per heavy atom. The zero-order chi connectivity index (χ0) is 21.4. The van der Waals surface area contributed by atoms with Crippen LogP contribution in [-0.4, -0.2) is 39.3 Å². The molecule has 7 nitrogen and oxygen atoms in total. The summed E-state index contributed by atoms with van der Waals surface area (Å²) in [7, 11) is -2.98. The molecule has 0 N–H and O–H groups in total. The van der Waals surface area contributed by atoms with Crippen LogP contribution in [0, 0.1) is 27.7 Å². The SMILES string of the molecule is Cc1nn(C2CCS(=O)(=O)C2)c(C)c1/C=C1\CCn2c1nc1sc(C)c(C)c1c2=O. The molecular formula is C21H24N4O3S2. The Morgan fingerprint density at radius 1 is 1.20 bits per heavy atom. The van der Waals surface area contributed by atoms with Gasteiger partial charge in [0.05, 0.1) is 28.6 Å². The molecule has 5 heterocycles. The molecule has 0 radical (unpaired) electrons. The van der Waals surface area contributed by atoms with Gasteiger partial charge in [-0.05, 0) is 57.7 Å². The number of fused-ring (bicyclic) bond motifs is 2. The van der Waals surface area contributed by atoms with Crippen molar-refractivity contribution in [2.24, 2.45) is 0 Å². The van der Waals surface area contributed by atoms with Crippen molar-refractivity contribution in [1.82, 2.24) is 19.3 Å². The first kappa shape index (κ1) is 19.7. The van der Waals surface area contributed by atoms with Crippen molar-refractivity contribution < 1.29 is 8.42 Å². The average Bonchev–Trinajstić information content (AvgIpc) is 3.39. The molecule has 1 unspecified atom stereocenters. The fourth-order valence-electron chi connectivity index (χ4n) is 4.64. The lowest BCUT2D eigenvalue weighted by atomic mass is 10.1. The lowest BCUT2D eigenvalue weighted by Gasteiger charge is -2.11. The second kappa shape index (κ2) is 6.62. The smallest absolute Gasteiger partial charge is 0.262 e. The minimum atomic E-state index is -2.98. The highest BCUT2D eigenvalue weighted by Crippen LogP contribution is 2.34. The van der Waals surface area contributed by atoms with Gasteiger partial charge < -0.3 is 0 Å². The number of sulfone groups is 1. The molecule has 1 atom stereocenters. The lowest BCUT2D eigenvalue weighted by molar-refractivity contribution is 0.486. The molecule has 0 aromatic carbocycles. The molecule has 1 fully saturated rings. The Bertz CT molecular complexity index is 1410. The van der Waals surface area contributed by atoms with Gasteiger partial charge in [0, 0.05) is 22.7 Å². The summed E-state index contributed by atoms with van der Waals surface area (Å²) < 4.78 is 27.5. The van der Waals surface area contributed by atoms with Crippen molar-refractivity contribution in [1.29, 1.82) is 0 Å². The third-order valence-corrected chi connectivity index (χ3v) is 9.29. The maximum Gasteiger partial charge on any atom is 0.262 e. The molecule has 0 spiro atoms. The number of rotatable bonds is 2. The molecule has 0 saturated carbocycles. The number of nitrogens with zero attached hydrogens (tertiary/aromatic N) is 4. The minimum absolute atomic E-state index is 0.0422. The summed E-state index contributed by atoms with van der Waals surface area (Å²) in [6.07, 6.45) is 3.44. The van der Waals surface area contributed by atoms with Crippen LogP contribution in [0.25, 0.3) is 21.9 Å². The number of aromatic nitrogens is 4. The first-order chi connectivity index (χ1) is 14.2. The summed E-state index contributed by atoms with van der Waals surface area (Å²) in [5, 5.41) is 5.40. The number of aryl methyl sites for hydroxylation is 3. The third-order valence-electron chi connectivity index (χ3n) is 6.43. The van der Waals surface area contributed by atoms with Crippen LogP contribution in [0.2, 0.25) is 0 Å². The highest BCUT2D eigenvalue weighted by molar-refractivity contribution is 7.91. The van der Waals surface area contributed by atoms with E-state index >= 15 is 0 Å². The predicted octanol–water partition coefficient (Wildman–Crippen LogP) is 3.19. The second-order valence-electron chi connectivity index (χ2n) is 8.36. The Morgan fingerprint density at radius 2 is 1.97 bits per heavy atom. The molecule has 9 heteroatoms. The summed E-state index contributed by atoms with van der Waals surface area (Å²) in [6, 6.07) is -0.103. The van der Waals surface area contributed by atoms with E-state index in [0.29, 0.717) is 13.0 Å². The quantitative estimate of drug-likeness (QED) is 0.606. The van der Waals surface area contributed by atoms with Crippen LogP contribution in [0.5, 0.6) is 0 Å². The van der Waals surface area contributed by atoms with E-state index in [-0.39, 0.29) is 23.1 Å². The number of hydrogen-bond donors (Lipinski definition) is 0. The highest BCUT2D eigenvalue weighted by Gasteiger charge is 2.31. The van der Waals surface area contributed by atoms with Gasteiger partial charge >= 0.3 is 0 Å². The van der Waals surface area contributed by atoms with Gasteiger partial charge in [0.25, 0.3) is 5.56 Å². The van der Waals surface area contributed by atoms with Crippen LogP contribution < -0.4 is 5.56 Å². The summed E-state index contributed by atoms with van der Waals surface area (Å²) in [6.45, 7) is 8.58.